The van der Waals surface area contributed by atoms with Crippen LogP contribution >= 0.6 is 0 Å². The van der Waals surface area contributed by atoms with Crippen LogP contribution in [0.5, 0.6) is 0 Å². The van der Waals surface area contributed by atoms with Crippen LogP contribution in [0, 0.1) is 5.82 Å². The van der Waals surface area contributed by atoms with Crippen LogP contribution in [0.2, 0.25) is 0 Å². The van der Waals surface area contributed by atoms with Gasteiger partial charge in [-0.25, -0.2) is 4.39 Å². The van der Waals surface area contributed by atoms with E-state index in [-0.39, 0.29) is 17.8 Å². The lowest BCUT2D eigenvalue weighted by Gasteiger charge is -2.27. The van der Waals surface area contributed by atoms with E-state index in [0.29, 0.717) is 0 Å². The van der Waals surface area contributed by atoms with E-state index >= 15 is 0 Å². The summed E-state index contributed by atoms with van der Waals surface area (Å²) in [4.78, 5) is 11.6. The number of carbonyl (C=O) groups is 1. The molecule has 2 atom stereocenters. The Bertz CT molecular complexity index is 431. The fraction of sp³-hybridized carbons (Fsp3) is 0.462. The maximum absolute atomic E-state index is 13.1. The van der Waals surface area contributed by atoms with Crippen molar-refractivity contribution in [3.63, 3.8) is 0 Å². The first-order chi connectivity index (χ1) is 8.08. The third-order valence-electron chi connectivity index (χ3n) is 3.15. The Morgan fingerprint density at radius 2 is 2.35 bits per heavy atom. The van der Waals surface area contributed by atoms with Gasteiger partial charge in [-0.2, -0.15) is 0 Å². The summed E-state index contributed by atoms with van der Waals surface area (Å²) in [6, 6.07) is 4.21. The predicted octanol–water partition coefficient (Wildman–Crippen LogP) is 1.67. The first-order valence-corrected chi connectivity index (χ1v) is 5.92. The van der Waals surface area contributed by atoms with Crippen molar-refractivity contribution >= 4 is 5.91 Å². The van der Waals surface area contributed by atoms with Gasteiger partial charge < -0.3 is 11.1 Å². The summed E-state index contributed by atoms with van der Waals surface area (Å²) in [5.41, 5.74) is 7.54. The lowest BCUT2D eigenvalue weighted by Crippen LogP contribution is -2.41. The van der Waals surface area contributed by atoms with Crippen LogP contribution in [0.3, 0.4) is 0 Å². The second-order valence-electron chi connectivity index (χ2n) is 4.59. The molecule has 0 aromatic heterocycles. The molecular formula is C13H17FN2O. The quantitative estimate of drug-likeness (QED) is 0.820. The van der Waals surface area contributed by atoms with E-state index in [1.54, 1.807) is 19.1 Å². The van der Waals surface area contributed by atoms with Crippen molar-refractivity contribution in [2.45, 2.75) is 38.3 Å². The van der Waals surface area contributed by atoms with E-state index < -0.39 is 6.04 Å². The van der Waals surface area contributed by atoms with E-state index in [1.165, 1.54) is 6.07 Å². The summed E-state index contributed by atoms with van der Waals surface area (Å²) in [6.45, 7) is 1.66. The molecule has 0 saturated heterocycles. The molecule has 0 saturated carbocycles. The molecule has 0 aliphatic heterocycles. The van der Waals surface area contributed by atoms with Crippen molar-refractivity contribution in [2.75, 3.05) is 0 Å². The van der Waals surface area contributed by atoms with Crippen LogP contribution in [-0.2, 0) is 11.2 Å². The maximum atomic E-state index is 13.1. The number of nitrogens with one attached hydrogen (secondary N) is 1. The third kappa shape index (κ3) is 2.64. The molecule has 4 heteroatoms. The summed E-state index contributed by atoms with van der Waals surface area (Å²) in [5.74, 6) is -0.380. The van der Waals surface area contributed by atoms with Gasteiger partial charge in [0, 0.05) is 0 Å². The normalized spacial score (nSPS) is 20.5. The first kappa shape index (κ1) is 12.0. The largest absolute Gasteiger partial charge is 0.348 e. The minimum Gasteiger partial charge on any atom is -0.348 e. The summed E-state index contributed by atoms with van der Waals surface area (Å²) in [7, 11) is 0. The zero-order chi connectivity index (χ0) is 12.4. The fourth-order valence-electron chi connectivity index (χ4n) is 2.24. The lowest BCUT2D eigenvalue weighted by molar-refractivity contribution is -0.122. The molecule has 2 unspecified atom stereocenters. The highest BCUT2D eigenvalue weighted by Gasteiger charge is 2.22. The Morgan fingerprint density at radius 3 is 3.06 bits per heavy atom. The number of hydrogen-bond donors (Lipinski definition) is 2. The maximum Gasteiger partial charge on any atom is 0.237 e. The summed E-state index contributed by atoms with van der Waals surface area (Å²) in [6.07, 6.45) is 2.72. The summed E-state index contributed by atoms with van der Waals surface area (Å²) >= 11 is 0. The molecule has 1 aromatic rings. The van der Waals surface area contributed by atoms with Gasteiger partial charge in [0.05, 0.1) is 12.1 Å². The monoisotopic (exact) mass is 236 g/mol. The molecule has 0 bridgehead atoms. The van der Waals surface area contributed by atoms with Gasteiger partial charge in [0.15, 0.2) is 0 Å². The number of amides is 1. The van der Waals surface area contributed by atoms with Crippen molar-refractivity contribution in [2.24, 2.45) is 5.73 Å². The number of hydrogen-bond acceptors (Lipinski definition) is 2. The van der Waals surface area contributed by atoms with Crippen LogP contribution in [0.1, 0.15) is 36.9 Å². The predicted molar refractivity (Wildman–Crippen MR) is 63.9 cm³/mol. The average Bonchev–Trinajstić information content (AvgIpc) is 2.28. The van der Waals surface area contributed by atoms with Gasteiger partial charge in [-0.15, -0.1) is 0 Å². The molecule has 2 rings (SSSR count). The van der Waals surface area contributed by atoms with E-state index in [2.05, 4.69) is 5.32 Å². The molecule has 92 valence electrons. The topological polar surface area (TPSA) is 55.1 Å². The van der Waals surface area contributed by atoms with Gasteiger partial charge in [-0.05, 0) is 49.4 Å². The summed E-state index contributed by atoms with van der Waals surface area (Å²) < 4.78 is 13.1. The SMILES string of the molecule is CC(N)C(=O)NC1CCCc2cc(F)ccc21. The van der Waals surface area contributed by atoms with E-state index in [9.17, 15) is 9.18 Å². The number of rotatable bonds is 2. The van der Waals surface area contributed by atoms with Crippen molar-refractivity contribution in [3.8, 4) is 0 Å². The highest BCUT2D eigenvalue weighted by molar-refractivity contribution is 5.81. The Labute approximate surface area is 100 Å². The van der Waals surface area contributed by atoms with Crippen LogP contribution in [0.4, 0.5) is 4.39 Å². The van der Waals surface area contributed by atoms with Gasteiger partial charge in [0.1, 0.15) is 5.82 Å². The Morgan fingerprint density at radius 1 is 1.59 bits per heavy atom. The molecule has 1 aliphatic rings. The second-order valence-corrected chi connectivity index (χ2v) is 4.59. The Balaban J connectivity index is 2.20. The molecule has 1 amide bonds. The fourth-order valence-corrected chi connectivity index (χ4v) is 2.24. The van der Waals surface area contributed by atoms with Crippen LogP contribution in [-0.4, -0.2) is 11.9 Å². The first-order valence-electron chi connectivity index (χ1n) is 5.92. The summed E-state index contributed by atoms with van der Waals surface area (Å²) in [5, 5.41) is 2.91. The number of benzene rings is 1. The van der Waals surface area contributed by atoms with E-state index in [0.717, 1.165) is 30.4 Å². The van der Waals surface area contributed by atoms with E-state index in [4.69, 9.17) is 5.73 Å². The van der Waals surface area contributed by atoms with Crippen molar-refractivity contribution in [3.05, 3.63) is 35.1 Å². The Hall–Kier alpha value is -1.42. The smallest absolute Gasteiger partial charge is 0.237 e. The van der Waals surface area contributed by atoms with Gasteiger partial charge >= 0.3 is 0 Å². The number of fused-ring (bicyclic) bond motifs is 1. The van der Waals surface area contributed by atoms with Gasteiger partial charge in [-0.3, -0.25) is 4.79 Å². The molecule has 0 heterocycles. The van der Waals surface area contributed by atoms with Crippen molar-refractivity contribution < 1.29 is 9.18 Å². The molecular weight excluding hydrogens is 219 g/mol. The van der Waals surface area contributed by atoms with Crippen LogP contribution in [0.25, 0.3) is 0 Å². The third-order valence-corrected chi connectivity index (χ3v) is 3.15. The zero-order valence-corrected chi connectivity index (χ0v) is 9.87. The number of aryl methyl sites for hydroxylation is 1. The molecule has 0 spiro atoms. The molecule has 3 N–H and O–H groups in total. The molecule has 0 radical (unpaired) electrons. The standard InChI is InChI=1S/C13H17FN2O/c1-8(15)13(17)16-12-4-2-3-9-7-10(14)5-6-11(9)12/h5-8,12H,2-4,15H2,1H3,(H,16,17). The van der Waals surface area contributed by atoms with Gasteiger partial charge in [0.2, 0.25) is 5.91 Å². The number of carbonyl (C=O) groups excluding carboxylic acids is 1. The molecule has 1 aliphatic carbocycles. The minimum atomic E-state index is -0.513. The Kier molecular flexibility index (Phi) is 3.43. The molecule has 0 fully saturated rings. The minimum absolute atomic E-state index is 0.0298. The highest BCUT2D eigenvalue weighted by Crippen LogP contribution is 2.30. The molecule has 3 nitrogen and oxygen atoms in total. The van der Waals surface area contributed by atoms with Crippen LogP contribution in [0.15, 0.2) is 18.2 Å². The molecule has 1 aromatic carbocycles. The number of nitrogens with two attached hydrogens (primary N) is 1. The number of halogens is 1. The van der Waals surface area contributed by atoms with Gasteiger partial charge in [-0.1, -0.05) is 6.07 Å². The van der Waals surface area contributed by atoms with Gasteiger partial charge in [0.25, 0.3) is 0 Å². The van der Waals surface area contributed by atoms with Crippen molar-refractivity contribution in [1.29, 1.82) is 0 Å². The van der Waals surface area contributed by atoms with E-state index in [1.807, 2.05) is 0 Å². The highest BCUT2D eigenvalue weighted by atomic mass is 19.1. The van der Waals surface area contributed by atoms with Crippen molar-refractivity contribution in [1.82, 2.24) is 5.32 Å². The van der Waals surface area contributed by atoms with Crippen LogP contribution < -0.4 is 11.1 Å². The molecule has 17 heavy (non-hydrogen) atoms. The lowest BCUT2D eigenvalue weighted by atomic mass is 9.87. The average molecular weight is 236 g/mol. The second kappa shape index (κ2) is 4.84. The zero-order valence-electron chi connectivity index (χ0n) is 9.87.